The van der Waals surface area contributed by atoms with Gasteiger partial charge in [-0.1, -0.05) is 26.0 Å². The molecule has 2 heterocycles. The van der Waals surface area contributed by atoms with Crippen molar-refractivity contribution in [3.8, 4) is 0 Å². The SMILES string of the molecule is Cc1cnn(CCCN2CCC(=O)N(Cc3ccc(F)cc3)[C@@H](C(C)C)C2)c1. The van der Waals surface area contributed by atoms with E-state index in [2.05, 4.69) is 30.0 Å². The van der Waals surface area contributed by atoms with E-state index in [1.165, 1.54) is 17.7 Å². The van der Waals surface area contributed by atoms with Crippen LogP contribution >= 0.6 is 0 Å². The Kier molecular flexibility index (Phi) is 6.83. The number of aromatic nitrogens is 2. The first kappa shape index (κ1) is 20.5. The van der Waals surface area contributed by atoms with Gasteiger partial charge < -0.3 is 9.80 Å². The van der Waals surface area contributed by atoms with Crippen molar-refractivity contribution in [1.29, 1.82) is 0 Å². The highest BCUT2D eigenvalue weighted by atomic mass is 19.1. The monoisotopic (exact) mass is 386 g/mol. The quantitative estimate of drug-likeness (QED) is 0.732. The van der Waals surface area contributed by atoms with Gasteiger partial charge in [0, 0.05) is 44.8 Å². The number of benzene rings is 1. The largest absolute Gasteiger partial charge is 0.334 e. The third kappa shape index (κ3) is 5.41. The fourth-order valence-electron chi connectivity index (χ4n) is 3.85. The molecule has 0 saturated carbocycles. The Labute approximate surface area is 167 Å². The van der Waals surface area contributed by atoms with Crippen LogP contribution in [0, 0.1) is 18.7 Å². The van der Waals surface area contributed by atoms with Crippen molar-refractivity contribution < 1.29 is 9.18 Å². The van der Waals surface area contributed by atoms with Crippen LogP contribution < -0.4 is 0 Å². The highest BCUT2D eigenvalue weighted by molar-refractivity contribution is 5.77. The summed E-state index contributed by atoms with van der Waals surface area (Å²) in [5, 5.41) is 4.35. The molecule has 1 aliphatic rings. The number of aryl methyl sites for hydroxylation is 2. The zero-order valence-corrected chi connectivity index (χ0v) is 17.1. The van der Waals surface area contributed by atoms with Gasteiger partial charge >= 0.3 is 0 Å². The van der Waals surface area contributed by atoms with Gasteiger partial charge in [-0.2, -0.15) is 5.10 Å². The fraction of sp³-hybridized carbons (Fsp3) is 0.545. The van der Waals surface area contributed by atoms with E-state index in [4.69, 9.17) is 0 Å². The molecule has 1 aromatic heterocycles. The standard InChI is InChI=1S/C22H31FN4O/c1-17(2)21-16-25(10-4-11-26-14-18(3)13-24-26)12-9-22(28)27(21)15-19-5-7-20(23)8-6-19/h5-8,13-14,17,21H,4,9-12,15-16H2,1-3H3/t21-/m1/s1. The molecule has 1 aliphatic heterocycles. The van der Waals surface area contributed by atoms with Crippen LogP contribution in [-0.2, 0) is 17.9 Å². The summed E-state index contributed by atoms with van der Waals surface area (Å²) in [6, 6.07) is 6.63. The Bertz CT molecular complexity index is 771. The highest BCUT2D eigenvalue weighted by Crippen LogP contribution is 2.21. The van der Waals surface area contributed by atoms with Crippen molar-refractivity contribution in [3.63, 3.8) is 0 Å². The lowest BCUT2D eigenvalue weighted by molar-refractivity contribution is -0.134. The van der Waals surface area contributed by atoms with Crippen LogP contribution in [0.5, 0.6) is 0 Å². The lowest BCUT2D eigenvalue weighted by Gasteiger charge is -2.35. The van der Waals surface area contributed by atoms with Crippen molar-refractivity contribution in [3.05, 3.63) is 53.6 Å². The number of carbonyl (C=O) groups is 1. The summed E-state index contributed by atoms with van der Waals surface area (Å²) in [6.07, 6.45) is 5.49. The predicted octanol–water partition coefficient (Wildman–Crippen LogP) is 3.48. The molecule has 1 atom stereocenters. The lowest BCUT2D eigenvalue weighted by Crippen LogP contribution is -2.46. The van der Waals surface area contributed by atoms with E-state index in [1.54, 1.807) is 12.1 Å². The maximum Gasteiger partial charge on any atom is 0.224 e. The van der Waals surface area contributed by atoms with Crippen molar-refractivity contribution in [2.75, 3.05) is 19.6 Å². The minimum absolute atomic E-state index is 0.159. The number of hydrogen-bond acceptors (Lipinski definition) is 3. The highest BCUT2D eigenvalue weighted by Gasteiger charge is 2.31. The molecular formula is C22H31FN4O. The van der Waals surface area contributed by atoms with E-state index in [9.17, 15) is 9.18 Å². The van der Waals surface area contributed by atoms with Gasteiger partial charge in [-0.25, -0.2) is 4.39 Å². The van der Waals surface area contributed by atoms with Gasteiger partial charge in [-0.3, -0.25) is 9.48 Å². The molecule has 1 saturated heterocycles. The minimum Gasteiger partial charge on any atom is -0.334 e. The molecular weight excluding hydrogens is 355 g/mol. The topological polar surface area (TPSA) is 41.4 Å². The minimum atomic E-state index is -0.245. The van der Waals surface area contributed by atoms with Crippen LogP contribution in [0.4, 0.5) is 4.39 Å². The maximum atomic E-state index is 13.2. The molecule has 1 fully saturated rings. The van der Waals surface area contributed by atoms with Crippen LogP contribution in [-0.4, -0.2) is 51.2 Å². The summed E-state index contributed by atoms with van der Waals surface area (Å²) in [6.45, 7) is 10.5. The summed E-state index contributed by atoms with van der Waals surface area (Å²) in [7, 11) is 0. The predicted molar refractivity (Wildman–Crippen MR) is 108 cm³/mol. The van der Waals surface area contributed by atoms with Gasteiger partial charge in [-0.05, 0) is 49.1 Å². The summed E-state index contributed by atoms with van der Waals surface area (Å²) in [5.41, 5.74) is 2.15. The van der Waals surface area contributed by atoms with Crippen LogP contribution in [0.1, 0.15) is 37.8 Å². The second-order valence-electron chi connectivity index (χ2n) is 8.14. The number of amides is 1. The molecule has 0 N–H and O–H groups in total. The molecule has 0 radical (unpaired) electrons. The van der Waals surface area contributed by atoms with E-state index in [0.717, 1.165) is 38.2 Å². The van der Waals surface area contributed by atoms with E-state index in [0.29, 0.717) is 18.9 Å². The van der Waals surface area contributed by atoms with E-state index >= 15 is 0 Å². The molecule has 6 heteroatoms. The maximum absolute atomic E-state index is 13.2. The molecule has 3 rings (SSSR count). The number of halogens is 1. The fourth-order valence-corrected chi connectivity index (χ4v) is 3.85. The number of rotatable bonds is 7. The van der Waals surface area contributed by atoms with Crippen LogP contribution in [0.15, 0.2) is 36.7 Å². The Balaban J connectivity index is 1.62. The Morgan fingerprint density at radius 2 is 1.96 bits per heavy atom. The molecule has 1 aromatic carbocycles. The van der Waals surface area contributed by atoms with Crippen LogP contribution in [0.25, 0.3) is 0 Å². The Morgan fingerprint density at radius 3 is 2.61 bits per heavy atom. The molecule has 0 bridgehead atoms. The zero-order valence-electron chi connectivity index (χ0n) is 17.1. The van der Waals surface area contributed by atoms with E-state index < -0.39 is 0 Å². The third-order valence-corrected chi connectivity index (χ3v) is 5.47. The molecule has 152 valence electrons. The number of nitrogens with zero attached hydrogens (tertiary/aromatic N) is 4. The van der Waals surface area contributed by atoms with Gasteiger partial charge in [0.2, 0.25) is 5.91 Å². The van der Waals surface area contributed by atoms with Gasteiger partial charge in [-0.15, -0.1) is 0 Å². The number of hydrogen-bond donors (Lipinski definition) is 0. The first-order valence-corrected chi connectivity index (χ1v) is 10.2. The first-order valence-electron chi connectivity index (χ1n) is 10.2. The molecule has 1 amide bonds. The molecule has 2 aromatic rings. The number of carbonyl (C=O) groups excluding carboxylic acids is 1. The molecule has 28 heavy (non-hydrogen) atoms. The van der Waals surface area contributed by atoms with Gasteiger partial charge in [0.15, 0.2) is 0 Å². The molecule has 0 aliphatic carbocycles. The second kappa shape index (κ2) is 9.32. The summed E-state index contributed by atoms with van der Waals surface area (Å²) < 4.78 is 15.2. The van der Waals surface area contributed by atoms with Crippen LogP contribution in [0.2, 0.25) is 0 Å². The summed E-state index contributed by atoms with van der Waals surface area (Å²) >= 11 is 0. The van der Waals surface area contributed by atoms with Crippen molar-refractivity contribution in [2.24, 2.45) is 5.92 Å². The van der Waals surface area contributed by atoms with Crippen LogP contribution in [0.3, 0.4) is 0 Å². The van der Waals surface area contributed by atoms with Crippen molar-refractivity contribution in [2.45, 2.75) is 52.7 Å². The second-order valence-corrected chi connectivity index (χ2v) is 8.14. The molecule has 0 unspecified atom stereocenters. The van der Waals surface area contributed by atoms with Crippen molar-refractivity contribution >= 4 is 5.91 Å². The molecule has 5 nitrogen and oxygen atoms in total. The van der Waals surface area contributed by atoms with Gasteiger partial charge in [0.05, 0.1) is 6.20 Å². The average Bonchev–Trinajstić information content (AvgIpc) is 3.00. The smallest absolute Gasteiger partial charge is 0.224 e. The Hall–Kier alpha value is -2.21. The van der Waals surface area contributed by atoms with Gasteiger partial charge in [0.1, 0.15) is 5.82 Å². The summed E-state index contributed by atoms with van der Waals surface area (Å²) in [4.78, 5) is 17.3. The zero-order chi connectivity index (χ0) is 20.1. The average molecular weight is 387 g/mol. The lowest BCUT2D eigenvalue weighted by atomic mass is 10.0. The third-order valence-electron chi connectivity index (χ3n) is 5.47. The van der Waals surface area contributed by atoms with E-state index in [1.807, 2.05) is 22.7 Å². The summed E-state index contributed by atoms with van der Waals surface area (Å²) in [5.74, 6) is 0.303. The normalized spacial score (nSPS) is 18.7. The molecule has 0 spiro atoms. The van der Waals surface area contributed by atoms with Crippen molar-refractivity contribution in [1.82, 2.24) is 19.6 Å². The first-order chi connectivity index (χ1) is 13.4. The van der Waals surface area contributed by atoms with Gasteiger partial charge in [0.25, 0.3) is 0 Å². The van der Waals surface area contributed by atoms with E-state index in [-0.39, 0.29) is 17.8 Å². The Morgan fingerprint density at radius 1 is 1.21 bits per heavy atom.